The van der Waals surface area contributed by atoms with Crippen molar-refractivity contribution in [3.63, 3.8) is 0 Å². The Balaban J connectivity index is 2.41. The summed E-state index contributed by atoms with van der Waals surface area (Å²) in [6, 6.07) is 6.23. The van der Waals surface area contributed by atoms with Crippen molar-refractivity contribution < 1.29 is 4.74 Å². The van der Waals surface area contributed by atoms with Crippen LogP contribution in [-0.4, -0.2) is 18.6 Å². The van der Waals surface area contributed by atoms with Crippen molar-refractivity contribution in [1.82, 2.24) is 10.3 Å². The minimum Gasteiger partial charge on any atom is -0.495 e. The summed E-state index contributed by atoms with van der Waals surface area (Å²) in [5.74, 6) is 0.838. The Morgan fingerprint density at radius 3 is 2.80 bits per heavy atom. The maximum Gasteiger partial charge on any atom is 0.142 e. The van der Waals surface area contributed by atoms with Gasteiger partial charge in [-0.25, -0.2) is 0 Å². The van der Waals surface area contributed by atoms with Crippen LogP contribution in [0, 0.1) is 13.8 Å². The first-order valence-electron chi connectivity index (χ1n) is 6.96. The molecule has 1 unspecified atom stereocenters. The van der Waals surface area contributed by atoms with E-state index in [4.69, 9.17) is 4.74 Å². The summed E-state index contributed by atoms with van der Waals surface area (Å²) in [5.41, 5.74) is 2.30. The molecule has 0 bridgehead atoms. The van der Waals surface area contributed by atoms with Gasteiger partial charge in [0.05, 0.1) is 13.2 Å². The lowest BCUT2D eigenvalue weighted by atomic mass is 10.1. The predicted octanol–water partition coefficient (Wildman–Crippen LogP) is 3.86. The molecule has 0 aliphatic rings. The zero-order chi connectivity index (χ0) is 14.5. The van der Waals surface area contributed by atoms with Crippen LogP contribution in [0.5, 0.6) is 5.75 Å². The number of nitrogens with one attached hydrogen (secondary N) is 1. The highest BCUT2D eigenvalue weighted by molar-refractivity contribution is 7.12. The quantitative estimate of drug-likeness (QED) is 0.877. The van der Waals surface area contributed by atoms with E-state index in [1.54, 1.807) is 7.11 Å². The summed E-state index contributed by atoms with van der Waals surface area (Å²) in [7, 11) is 1.70. The zero-order valence-electron chi connectivity index (χ0n) is 12.6. The number of thiophene rings is 1. The number of ether oxygens (including phenoxy) is 1. The fraction of sp³-hybridized carbons (Fsp3) is 0.438. The molecule has 2 aromatic heterocycles. The molecule has 0 saturated carbocycles. The average Bonchev–Trinajstić information content (AvgIpc) is 2.79. The largest absolute Gasteiger partial charge is 0.495 e. The van der Waals surface area contributed by atoms with Crippen LogP contribution in [0.2, 0.25) is 0 Å². The molecule has 1 atom stereocenters. The van der Waals surface area contributed by atoms with Gasteiger partial charge in [0.25, 0.3) is 0 Å². The number of rotatable bonds is 6. The lowest BCUT2D eigenvalue weighted by molar-refractivity contribution is 0.400. The number of pyridine rings is 1. The maximum atomic E-state index is 5.47. The van der Waals surface area contributed by atoms with E-state index in [1.807, 2.05) is 29.7 Å². The summed E-state index contributed by atoms with van der Waals surface area (Å²) in [6.45, 7) is 7.45. The molecule has 20 heavy (non-hydrogen) atoms. The Labute approximate surface area is 125 Å². The number of nitrogens with zero attached hydrogens (tertiary/aromatic N) is 1. The number of hydrogen-bond acceptors (Lipinski definition) is 4. The minimum absolute atomic E-state index is 0.100. The van der Waals surface area contributed by atoms with Crippen molar-refractivity contribution in [3.05, 3.63) is 45.4 Å². The second-order valence-corrected chi connectivity index (χ2v) is 6.15. The van der Waals surface area contributed by atoms with Crippen LogP contribution in [0.25, 0.3) is 0 Å². The number of aromatic nitrogens is 1. The van der Waals surface area contributed by atoms with Crippen LogP contribution in [0.15, 0.2) is 24.4 Å². The Morgan fingerprint density at radius 1 is 1.40 bits per heavy atom. The molecule has 108 valence electrons. The molecule has 2 rings (SSSR count). The van der Waals surface area contributed by atoms with Crippen molar-refractivity contribution in [2.75, 3.05) is 13.7 Å². The van der Waals surface area contributed by atoms with Crippen LogP contribution in [-0.2, 0) is 0 Å². The maximum absolute atomic E-state index is 5.47. The summed E-state index contributed by atoms with van der Waals surface area (Å²) in [6.07, 6.45) is 2.92. The highest BCUT2D eigenvalue weighted by atomic mass is 32.1. The topological polar surface area (TPSA) is 34.2 Å². The molecule has 0 fully saturated rings. The van der Waals surface area contributed by atoms with Gasteiger partial charge in [-0.3, -0.25) is 4.98 Å². The van der Waals surface area contributed by atoms with Gasteiger partial charge < -0.3 is 10.1 Å². The van der Waals surface area contributed by atoms with Crippen molar-refractivity contribution >= 4 is 11.3 Å². The Bertz CT molecular complexity index is 546. The van der Waals surface area contributed by atoms with Gasteiger partial charge in [-0.1, -0.05) is 6.92 Å². The molecule has 4 heteroatoms. The molecule has 0 aromatic carbocycles. The van der Waals surface area contributed by atoms with Crippen LogP contribution >= 0.6 is 11.3 Å². The average molecular weight is 290 g/mol. The third-order valence-corrected chi connectivity index (χ3v) is 4.58. The van der Waals surface area contributed by atoms with E-state index < -0.39 is 0 Å². The Kier molecular flexibility index (Phi) is 5.15. The zero-order valence-corrected chi connectivity index (χ0v) is 13.4. The van der Waals surface area contributed by atoms with E-state index in [1.165, 1.54) is 15.3 Å². The minimum atomic E-state index is 0.100. The standard InChI is InChI=1S/C16H22N2OS/c1-5-8-17-16(14-10-11(2)12(3)20-14)15-13(19-4)7-6-9-18-15/h6-7,9-10,16-17H,5,8H2,1-4H3. The van der Waals surface area contributed by atoms with Crippen molar-refractivity contribution in [2.24, 2.45) is 0 Å². The van der Waals surface area contributed by atoms with Gasteiger partial charge in [0.15, 0.2) is 0 Å². The number of hydrogen-bond donors (Lipinski definition) is 1. The molecule has 0 saturated heterocycles. The summed E-state index contributed by atoms with van der Waals surface area (Å²) in [5, 5.41) is 3.59. The lowest BCUT2D eigenvalue weighted by Gasteiger charge is -2.19. The van der Waals surface area contributed by atoms with Gasteiger partial charge in [0.2, 0.25) is 0 Å². The molecule has 0 spiro atoms. The Morgan fingerprint density at radius 2 is 2.20 bits per heavy atom. The summed E-state index contributed by atoms with van der Waals surface area (Å²) < 4.78 is 5.47. The smallest absolute Gasteiger partial charge is 0.142 e. The highest BCUT2D eigenvalue weighted by Gasteiger charge is 2.21. The monoisotopic (exact) mass is 290 g/mol. The van der Waals surface area contributed by atoms with E-state index in [2.05, 4.69) is 37.1 Å². The van der Waals surface area contributed by atoms with Gasteiger partial charge in [0.1, 0.15) is 11.4 Å². The molecule has 1 N–H and O–H groups in total. The predicted molar refractivity (Wildman–Crippen MR) is 84.7 cm³/mol. The van der Waals surface area contributed by atoms with E-state index >= 15 is 0 Å². The third-order valence-electron chi connectivity index (χ3n) is 3.36. The van der Waals surface area contributed by atoms with Crippen molar-refractivity contribution in [1.29, 1.82) is 0 Å². The van der Waals surface area contributed by atoms with Gasteiger partial charge >= 0.3 is 0 Å². The SMILES string of the molecule is CCCNC(c1cc(C)c(C)s1)c1ncccc1OC. The number of methoxy groups -OCH3 is 1. The molecule has 0 amide bonds. The van der Waals surface area contributed by atoms with E-state index in [-0.39, 0.29) is 6.04 Å². The van der Waals surface area contributed by atoms with Crippen LogP contribution in [0.3, 0.4) is 0 Å². The second kappa shape index (κ2) is 6.86. The van der Waals surface area contributed by atoms with Crippen molar-refractivity contribution in [3.8, 4) is 5.75 Å². The van der Waals surface area contributed by atoms with E-state index in [0.29, 0.717) is 0 Å². The van der Waals surface area contributed by atoms with Crippen LogP contribution in [0.4, 0.5) is 0 Å². The lowest BCUT2D eigenvalue weighted by Crippen LogP contribution is -2.23. The fourth-order valence-corrected chi connectivity index (χ4v) is 3.28. The Hall–Kier alpha value is -1.39. The van der Waals surface area contributed by atoms with Crippen LogP contribution < -0.4 is 10.1 Å². The fourth-order valence-electron chi connectivity index (χ4n) is 2.16. The van der Waals surface area contributed by atoms with Gasteiger partial charge in [-0.05, 0) is 50.6 Å². The van der Waals surface area contributed by atoms with E-state index in [9.17, 15) is 0 Å². The molecule has 3 nitrogen and oxygen atoms in total. The van der Waals surface area contributed by atoms with Gasteiger partial charge in [0, 0.05) is 16.0 Å². The van der Waals surface area contributed by atoms with Gasteiger partial charge in [-0.2, -0.15) is 0 Å². The highest BCUT2D eigenvalue weighted by Crippen LogP contribution is 2.33. The first-order chi connectivity index (χ1) is 9.67. The normalized spacial score (nSPS) is 12.4. The molecular formula is C16H22N2OS. The van der Waals surface area contributed by atoms with Crippen molar-refractivity contribution in [2.45, 2.75) is 33.2 Å². The van der Waals surface area contributed by atoms with E-state index in [0.717, 1.165) is 24.4 Å². The number of aryl methyl sites for hydroxylation is 2. The van der Waals surface area contributed by atoms with Gasteiger partial charge in [-0.15, -0.1) is 11.3 Å². The van der Waals surface area contributed by atoms with Crippen LogP contribution in [0.1, 0.15) is 40.4 Å². The third kappa shape index (κ3) is 3.19. The molecule has 0 aliphatic carbocycles. The molecule has 0 radical (unpaired) electrons. The second-order valence-electron chi connectivity index (χ2n) is 4.87. The molecule has 2 aromatic rings. The first kappa shape index (κ1) is 15.0. The summed E-state index contributed by atoms with van der Waals surface area (Å²) in [4.78, 5) is 7.19. The summed E-state index contributed by atoms with van der Waals surface area (Å²) >= 11 is 1.83. The molecule has 0 aliphatic heterocycles. The molecule has 2 heterocycles. The molecular weight excluding hydrogens is 268 g/mol. The first-order valence-corrected chi connectivity index (χ1v) is 7.78.